The standard InChI is InChI=1S/C13H19N3O2/c1-10-8-14-6-7-15(10)9-12-4-3-5-13(11(12)2)16(17)18/h3-5,10,14H,6-9H2,1-2H3/t10-/m0/s1. The molecule has 5 heteroatoms. The van der Waals surface area contributed by atoms with Crippen LogP contribution in [0, 0.1) is 17.0 Å². The Balaban J connectivity index is 2.18. The van der Waals surface area contributed by atoms with Crippen molar-refractivity contribution < 1.29 is 4.92 Å². The van der Waals surface area contributed by atoms with Crippen molar-refractivity contribution in [2.45, 2.75) is 26.4 Å². The van der Waals surface area contributed by atoms with E-state index in [0.717, 1.165) is 37.3 Å². The molecule has 1 aliphatic rings. The van der Waals surface area contributed by atoms with Gasteiger partial charge in [-0.1, -0.05) is 12.1 Å². The monoisotopic (exact) mass is 249 g/mol. The number of nitrogens with one attached hydrogen (secondary N) is 1. The minimum absolute atomic E-state index is 0.218. The zero-order valence-corrected chi connectivity index (χ0v) is 10.8. The Morgan fingerprint density at radius 2 is 2.33 bits per heavy atom. The van der Waals surface area contributed by atoms with E-state index < -0.39 is 0 Å². The molecule has 0 aliphatic carbocycles. The van der Waals surface area contributed by atoms with Gasteiger partial charge in [0.1, 0.15) is 0 Å². The molecule has 2 rings (SSSR count). The average Bonchev–Trinajstić information content (AvgIpc) is 2.34. The van der Waals surface area contributed by atoms with Crippen molar-refractivity contribution in [1.29, 1.82) is 0 Å². The highest BCUT2D eigenvalue weighted by molar-refractivity contribution is 5.44. The highest BCUT2D eigenvalue weighted by Gasteiger charge is 2.20. The van der Waals surface area contributed by atoms with Gasteiger partial charge in [0.25, 0.3) is 5.69 Å². The fourth-order valence-corrected chi connectivity index (χ4v) is 2.38. The molecule has 0 aromatic heterocycles. The van der Waals surface area contributed by atoms with Crippen LogP contribution in [0.15, 0.2) is 18.2 Å². The minimum Gasteiger partial charge on any atom is -0.314 e. The van der Waals surface area contributed by atoms with Crippen LogP contribution >= 0.6 is 0 Å². The number of piperazine rings is 1. The summed E-state index contributed by atoms with van der Waals surface area (Å²) in [6.45, 7) is 7.76. The third kappa shape index (κ3) is 2.68. The van der Waals surface area contributed by atoms with Crippen LogP contribution in [0.3, 0.4) is 0 Å². The second kappa shape index (κ2) is 5.46. The summed E-state index contributed by atoms with van der Waals surface area (Å²) in [5, 5.41) is 14.3. The Hall–Kier alpha value is -1.46. The van der Waals surface area contributed by atoms with Gasteiger partial charge >= 0.3 is 0 Å². The van der Waals surface area contributed by atoms with Gasteiger partial charge in [0.2, 0.25) is 0 Å². The van der Waals surface area contributed by atoms with E-state index in [0.29, 0.717) is 6.04 Å². The molecule has 1 aromatic carbocycles. The normalized spacial score (nSPS) is 20.9. The van der Waals surface area contributed by atoms with Crippen LogP contribution in [0.5, 0.6) is 0 Å². The van der Waals surface area contributed by atoms with Crippen molar-refractivity contribution >= 4 is 5.69 Å². The molecular weight excluding hydrogens is 230 g/mol. The maximum Gasteiger partial charge on any atom is 0.272 e. The van der Waals surface area contributed by atoms with Gasteiger partial charge in [0.05, 0.1) is 4.92 Å². The average molecular weight is 249 g/mol. The van der Waals surface area contributed by atoms with E-state index in [4.69, 9.17) is 0 Å². The summed E-state index contributed by atoms with van der Waals surface area (Å²) < 4.78 is 0. The van der Waals surface area contributed by atoms with E-state index in [1.807, 2.05) is 13.0 Å². The first-order valence-corrected chi connectivity index (χ1v) is 6.27. The number of benzene rings is 1. The fraction of sp³-hybridized carbons (Fsp3) is 0.538. The SMILES string of the molecule is Cc1c(CN2CCNC[C@@H]2C)cccc1[N+](=O)[O-]. The number of hydrogen-bond acceptors (Lipinski definition) is 4. The second-order valence-corrected chi connectivity index (χ2v) is 4.84. The summed E-state index contributed by atoms with van der Waals surface area (Å²) >= 11 is 0. The summed E-state index contributed by atoms with van der Waals surface area (Å²) in [4.78, 5) is 13.0. The predicted octanol–water partition coefficient (Wildman–Crippen LogP) is 1.70. The van der Waals surface area contributed by atoms with Crippen molar-refractivity contribution in [1.82, 2.24) is 10.2 Å². The molecule has 0 bridgehead atoms. The van der Waals surface area contributed by atoms with E-state index >= 15 is 0 Å². The molecule has 1 N–H and O–H groups in total. The third-order valence-electron chi connectivity index (χ3n) is 3.63. The summed E-state index contributed by atoms with van der Waals surface area (Å²) in [6.07, 6.45) is 0. The molecule has 1 saturated heterocycles. The molecule has 1 fully saturated rings. The van der Waals surface area contributed by atoms with Gasteiger partial charge in [-0.3, -0.25) is 15.0 Å². The van der Waals surface area contributed by atoms with Gasteiger partial charge < -0.3 is 5.32 Å². The molecule has 0 saturated carbocycles. The minimum atomic E-state index is -0.306. The smallest absolute Gasteiger partial charge is 0.272 e. The van der Waals surface area contributed by atoms with Crippen molar-refractivity contribution in [2.75, 3.05) is 19.6 Å². The Labute approximate surface area is 107 Å². The third-order valence-corrected chi connectivity index (χ3v) is 3.63. The number of rotatable bonds is 3. The van der Waals surface area contributed by atoms with Crippen molar-refractivity contribution in [3.8, 4) is 0 Å². The number of nitro groups is 1. The second-order valence-electron chi connectivity index (χ2n) is 4.84. The van der Waals surface area contributed by atoms with E-state index in [-0.39, 0.29) is 10.6 Å². The molecule has 0 radical (unpaired) electrons. The lowest BCUT2D eigenvalue weighted by molar-refractivity contribution is -0.385. The quantitative estimate of drug-likeness (QED) is 0.654. The van der Waals surface area contributed by atoms with Crippen LogP contribution < -0.4 is 5.32 Å². The Kier molecular flexibility index (Phi) is 3.93. The highest BCUT2D eigenvalue weighted by Crippen LogP contribution is 2.23. The molecule has 5 nitrogen and oxygen atoms in total. The van der Waals surface area contributed by atoms with E-state index in [1.165, 1.54) is 0 Å². The van der Waals surface area contributed by atoms with Crippen molar-refractivity contribution in [3.05, 3.63) is 39.4 Å². The molecule has 1 heterocycles. The van der Waals surface area contributed by atoms with Crippen LogP contribution in [0.25, 0.3) is 0 Å². The predicted molar refractivity (Wildman–Crippen MR) is 70.6 cm³/mol. The Bertz CT molecular complexity index is 448. The molecule has 1 atom stereocenters. The van der Waals surface area contributed by atoms with Gasteiger partial charge in [0, 0.05) is 43.9 Å². The van der Waals surface area contributed by atoms with Gasteiger partial charge in [0.15, 0.2) is 0 Å². The van der Waals surface area contributed by atoms with Gasteiger partial charge in [-0.2, -0.15) is 0 Å². The molecule has 98 valence electrons. The first-order chi connectivity index (χ1) is 8.59. The lowest BCUT2D eigenvalue weighted by Crippen LogP contribution is -2.49. The van der Waals surface area contributed by atoms with Gasteiger partial charge in [-0.25, -0.2) is 0 Å². The highest BCUT2D eigenvalue weighted by atomic mass is 16.6. The Morgan fingerprint density at radius 1 is 1.56 bits per heavy atom. The van der Waals surface area contributed by atoms with Crippen LogP contribution in [0.4, 0.5) is 5.69 Å². The molecule has 0 unspecified atom stereocenters. The van der Waals surface area contributed by atoms with Gasteiger partial charge in [-0.15, -0.1) is 0 Å². The maximum absolute atomic E-state index is 10.9. The molecule has 0 amide bonds. The number of hydrogen-bond donors (Lipinski definition) is 1. The topological polar surface area (TPSA) is 58.4 Å². The van der Waals surface area contributed by atoms with E-state index in [9.17, 15) is 10.1 Å². The summed E-state index contributed by atoms with van der Waals surface area (Å²) in [5.41, 5.74) is 2.06. The first kappa shape index (κ1) is 13.0. The van der Waals surface area contributed by atoms with Gasteiger partial charge in [-0.05, 0) is 19.4 Å². The summed E-state index contributed by atoms with van der Waals surface area (Å²) in [5.74, 6) is 0. The van der Waals surface area contributed by atoms with Crippen LogP contribution in [0.2, 0.25) is 0 Å². The maximum atomic E-state index is 10.9. The number of nitrogens with zero attached hydrogens (tertiary/aromatic N) is 2. The van der Waals surface area contributed by atoms with Crippen molar-refractivity contribution in [2.24, 2.45) is 0 Å². The summed E-state index contributed by atoms with van der Waals surface area (Å²) in [7, 11) is 0. The molecule has 1 aliphatic heterocycles. The Morgan fingerprint density at radius 3 is 3.00 bits per heavy atom. The summed E-state index contributed by atoms with van der Waals surface area (Å²) in [6, 6.07) is 5.79. The molecule has 0 spiro atoms. The van der Waals surface area contributed by atoms with E-state index in [2.05, 4.69) is 17.1 Å². The zero-order chi connectivity index (χ0) is 13.1. The largest absolute Gasteiger partial charge is 0.314 e. The van der Waals surface area contributed by atoms with Crippen LogP contribution in [-0.2, 0) is 6.54 Å². The van der Waals surface area contributed by atoms with Crippen molar-refractivity contribution in [3.63, 3.8) is 0 Å². The number of nitro benzene ring substituents is 1. The first-order valence-electron chi connectivity index (χ1n) is 6.27. The molecule has 18 heavy (non-hydrogen) atoms. The lowest BCUT2D eigenvalue weighted by Gasteiger charge is -2.34. The van der Waals surface area contributed by atoms with E-state index in [1.54, 1.807) is 12.1 Å². The molecular formula is C13H19N3O2. The van der Waals surface area contributed by atoms with Crippen LogP contribution in [0.1, 0.15) is 18.1 Å². The fourth-order valence-electron chi connectivity index (χ4n) is 2.38. The molecule has 1 aromatic rings. The lowest BCUT2D eigenvalue weighted by atomic mass is 10.1. The zero-order valence-electron chi connectivity index (χ0n) is 10.8. The van der Waals surface area contributed by atoms with Crippen LogP contribution in [-0.4, -0.2) is 35.5 Å².